The van der Waals surface area contributed by atoms with E-state index in [-0.39, 0.29) is 17.8 Å². The Morgan fingerprint density at radius 3 is 2.41 bits per heavy atom. The summed E-state index contributed by atoms with van der Waals surface area (Å²) in [5.74, 6) is -0.0151. The number of carbonyl (C=O) groups excluding carboxylic acids is 2. The van der Waals surface area contributed by atoms with Crippen LogP contribution in [0.1, 0.15) is 21.5 Å². The molecule has 0 aliphatic rings. The van der Waals surface area contributed by atoms with Gasteiger partial charge in [0, 0.05) is 24.1 Å². The van der Waals surface area contributed by atoms with E-state index in [9.17, 15) is 9.59 Å². The first-order valence-electron chi connectivity index (χ1n) is 9.06. The molecule has 0 saturated carbocycles. The predicted molar refractivity (Wildman–Crippen MR) is 112 cm³/mol. The Hall–Kier alpha value is -3.87. The summed E-state index contributed by atoms with van der Waals surface area (Å²) >= 11 is 0. The minimum atomic E-state index is -0.336. The van der Waals surface area contributed by atoms with Gasteiger partial charge in [0.05, 0.1) is 7.11 Å². The van der Waals surface area contributed by atoms with Crippen molar-refractivity contribution in [1.82, 2.24) is 10.3 Å². The first kappa shape index (κ1) is 19.9. The lowest BCUT2D eigenvalue weighted by Crippen LogP contribution is -2.24. The predicted octanol–water partition coefficient (Wildman–Crippen LogP) is 3.97. The molecule has 0 aliphatic carbocycles. The molecule has 0 saturated heterocycles. The Bertz CT molecular complexity index is 1020. The normalized spacial score (nSPS) is 10.1. The number of rotatable bonds is 6. The monoisotopic (exact) mass is 390 g/mol. The fraction of sp³-hybridized carbons (Fsp3) is 0.136. The van der Waals surface area contributed by atoms with Crippen LogP contribution in [0.3, 0.4) is 0 Å². The average Bonchev–Trinajstić information content (AvgIpc) is 2.72. The third kappa shape index (κ3) is 5.55. The molecular weight excluding hydrogens is 368 g/mol. The Morgan fingerprint density at radius 2 is 1.69 bits per heavy atom. The van der Waals surface area contributed by atoms with Crippen LogP contribution in [0.4, 0.5) is 16.2 Å². The molecule has 0 spiro atoms. The first-order chi connectivity index (χ1) is 14.0. The molecule has 0 fully saturated rings. The minimum absolute atomic E-state index is 0.272. The molecule has 148 valence electrons. The number of aryl methyl sites for hydroxylation is 1. The summed E-state index contributed by atoms with van der Waals surface area (Å²) in [6.45, 7) is 2.26. The van der Waals surface area contributed by atoms with Gasteiger partial charge in [0.25, 0.3) is 5.91 Å². The van der Waals surface area contributed by atoms with E-state index in [0.717, 1.165) is 16.8 Å². The Labute approximate surface area is 169 Å². The van der Waals surface area contributed by atoms with Crippen LogP contribution in [0.5, 0.6) is 5.88 Å². The van der Waals surface area contributed by atoms with Crippen LogP contribution in [0, 0.1) is 6.92 Å². The van der Waals surface area contributed by atoms with Gasteiger partial charge in [-0.2, -0.15) is 0 Å². The van der Waals surface area contributed by atoms with Crippen molar-refractivity contribution in [3.63, 3.8) is 0 Å². The fourth-order valence-corrected chi connectivity index (χ4v) is 2.78. The molecule has 29 heavy (non-hydrogen) atoms. The van der Waals surface area contributed by atoms with Crippen LogP contribution in [-0.4, -0.2) is 24.0 Å². The van der Waals surface area contributed by atoms with Crippen molar-refractivity contribution >= 4 is 23.3 Å². The van der Waals surface area contributed by atoms with Gasteiger partial charge in [0.2, 0.25) is 5.88 Å². The highest BCUT2D eigenvalue weighted by atomic mass is 16.5. The second-order valence-corrected chi connectivity index (χ2v) is 6.39. The number of anilines is 2. The maximum absolute atomic E-state index is 12.4. The zero-order chi connectivity index (χ0) is 20.6. The highest BCUT2D eigenvalue weighted by Crippen LogP contribution is 2.15. The van der Waals surface area contributed by atoms with Gasteiger partial charge in [0.1, 0.15) is 5.56 Å². The van der Waals surface area contributed by atoms with Crippen molar-refractivity contribution in [2.45, 2.75) is 13.5 Å². The number of hydrogen-bond acceptors (Lipinski definition) is 4. The summed E-state index contributed by atoms with van der Waals surface area (Å²) in [6.07, 6.45) is 1.56. The van der Waals surface area contributed by atoms with Crippen LogP contribution in [0.15, 0.2) is 66.9 Å². The highest BCUT2D eigenvalue weighted by molar-refractivity contribution is 6.00. The molecule has 1 aromatic heterocycles. The molecule has 3 rings (SSSR count). The average molecular weight is 390 g/mol. The second-order valence-electron chi connectivity index (χ2n) is 6.39. The van der Waals surface area contributed by atoms with Crippen LogP contribution >= 0.6 is 0 Å². The number of urea groups is 1. The molecule has 3 amide bonds. The summed E-state index contributed by atoms with van der Waals surface area (Å²) in [5.41, 5.74) is 3.61. The standard InChI is InChI=1S/C22H22N4O3/c1-15-6-3-8-17(12-15)25-22(28)26-18-9-4-7-16(13-18)14-24-20(27)19-10-5-11-23-21(19)29-2/h3-13H,14H2,1-2H3,(H,24,27)(H2,25,26,28). The number of methoxy groups -OCH3 is 1. The van der Waals surface area contributed by atoms with E-state index in [4.69, 9.17) is 4.74 Å². The summed E-state index contributed by atoms with van der Waals surface area (Å²) < 4.78 is 5.11. The summed E-state index contributed by atoms with van der Waals surface area (Å²) in [7, 11) is 1.47. The SMILES string of the molecule is COc1ncccc1C(=O)NCc1cccc(NC(=O)Nc2cccc(C)c2)c1. The van der Waals surface area contributed by atoms with Gasteiger partial charge in [-0.25, -0.2) is 9.78 Å². The number of carbonyl (C=O) groups is 2. The largest absolute Gasteiger partial charge is 0.480 e. The van der Waals surface area contributed by atoms with Crippen molar-refractivity contribution in [1.29, 1.82) is 0 Å². The van der Waals surface area contributed by atoms with Gasteiger partial charge < -0.3 is 20.7 Å². The zero-order valence-corrected chi connectivity index (χ0v) is 16.2. The fourth-order valence-electron chi connectivity index (χ4n) is 2.78. The molecule has 1 heterocycles. The number of aromatic nitrogens is 1. The molecule has 3 aromatic rings. The van der Waals surface area contributed by atoms with Gasteiger partial charge in [-0.3, -0.25) is 4.79 Å². The maximum atomic E-state index is 12.4. The molecule has 2 aromatic carbocycles. The number of pyridine rings is 1. The number of benzene rings is 2. The summed E-state index contributed by atoms with van der Waals surface area (Å²) in [5, 5.41) is 8.42. The molecule has 0 atom stereocenters. The number of nitrogens with zero attached hydrogens (tertiary/aromatic N) is 1. The third-order valence-electron chi connectivity index (χ3n) is 4.12. The van der Waals surface area contributed by atoms with E-state index in [2.05, 4.69) is 20.9 Å². The lowest BCUT2D eigenvalue weighted by molar-refractivity contribution is 0.0947. The second kappa shape index (κ2) is 9.36. The maximum Gasteiger partial charge on any atom is 0.323 e. The van der Waals surface area contributed by atoms with Gasteiger partial charge in [-0.05, 0) is 54.4 Å². The van der Waals surface area contributed by atoms with E-state index < -0.39 is 0 Å². The van der Waals surface area contributed by atoms with E-state index >= 15 is 0 Å². The van der Waals surface area contributed by atoms with E-state index in [0.29, 0.717) is 17.8 Å². The van der Waals surface area contributed by atoms with Crippen molar-refractivity contribution in [2.75, 3.05) is 17.7 Å². The lowest BCUT2D eigenvalue weighted by atomic mass is 10.2. The van der Waals surface area contributed by atoms with Crippen LogP contribution < -0.4 is 20.7 Å². The van der Waals surface area contributed by atoms with Crippen LogP contribution in [-0.2, 0) is 6.54 Å². The topological polar surface area (TPSA) is 92.3 Å². The zero-order valence-electron chi connectivity index (χ0n) is 16.2. The molecule has 7 nitrogen and oxygen atoms in total. The lowest BCUT2D eigenvalue weighted by Gasteiger charge is -2.11. The Kier molecular flexibility index (Phi) is 6.42. The third-order valence-corrected chi connectivity index (χ3v) is 4.12. The molecule has 0 radical (unpaired) electrons. The summed E-state index contributed by atoms with van der Waals surface area (Å²) in [6, 6.07) is 17.8. The first-order valence-corrected chi connectivity index (χ1v) is 9.06. The smallest absolute Gasteiger partial charge is 0.323 e. The molecular formula is C22H22N4O3. The van der Waals surface area contributed by atoms with Crippen molar-refractivity contribution < 1.29 is 14.3 Å². The van der Waals surface area contributed by atoms with Crippen molar-refractivity contribution in [3.05, 3.63) is 83.6 Å². The molecule has 0 bridgehead atoms. The van der Waals surface area contributed by atoms with Gasteiger partial charge in [-0.1, -0.05) is 24.3 Å². The van der Waals surface area contributed by atoms with E-state index in [1.54, 1.807) is 30.5 Å². The molecule has 3 N–H and O–H groups in total. The van der Waals surface area contributed by atoms with Crippen LogP contribution in [0.25, 0.3) is 0 Å². The van der Waals surface area contributed by atoms with Crippen LogP contribution in [0.2, 0.25) is 0 Å². The number of hydrogen-bond donors (Lipinski definition) is 3. The van der Waals surface area contributed by atoms with E-state index in [1.165, 1.54) is 7.11 Å². The molecule has 0 aliphatic heterocycles. The quantitative estimate of drug-likeness (QED) is 0.594. The van der Waals surface area contributed by atoms with Gasteiger partial charge >= 0.3 is 6.03 Å². The molecule has 0 unspecified atom stereocenters. The summed E-state index contributed by atoms with van der Waals surface area (Å²) in [4.78, 5) is 28.6. The Morgan fingerprint density at radius 1 is 0.966 bits per heavy atom. The van der Waals surface area contributed by atoms with Gasteiger partial charge in [0.15, 0.2) is 0 Å². The van der Waals surface area contributed by atoms with Crippen molar-refractivity contribution in [3.8, 4) is 5.88 Å². The Balaban J connectivity index is 1.59. The number of amides is 3. The van der Waals surface area contributed by atoms with Crippen molar-refractivity contribution in [2.24, 2.45) is 0 Å². The van der Waals surface area contributed by atoms with E-state index in [1.807, 2.05) is 43.3 Å². The highest BCUT2D eigenvalue weighted by Gasteiger charge is 2.12. The molecule has 7 heteroatoms. The minimum Gasteiger partial charge on any atom is -0.480 e. The van der Waals surface area contributed by atoms with Gasteiger partial charge in [-0.15, -0.1) is 0 Å². The number of nitrogens with one attached hydrogen (secondary N) is 3. The number of ether oxygens (including phenoxy) is 1.